The highest BCUT2D eigenvalue weighted by Crippen LogP contribution is 2.37. The minimum atomic E-state index is 0.907. The molecule has 0 spiro atoms. The molecule has 0 fully saturated rings. The zero-order chi connectivity index (χ0) is 14.4. The molecule has 0 unspecified atom stereocenters. The summed E-state index contributed by atoms with van der Waals surface area (Å²) in [5.41, 5.74) is 7.50. The fourth-order valence-corrected chi connectivity index (χ4v) is 3.11. The molecular formula is C19H18N2. The number of benzene rings is 2. The molecule has 2 heteroatoms. The van der Waals surface area contributed by atoms with Crippen LogP contribution in [0.5, 0.6) is 0 Å². The molecule has 3 aromatic rings. The SMILES string of the molecule is C=C1c2cc(CC)ccc2CN1c1ccc2cc[nH]c2c1. The molecule has 1 aromatic heterocycles. The zero-order valence-corrected chi connectivity index (χ0v) is 12.2. The van der Waals surface area contributed by atoms with Gasteiger partial charge < -0.3 is 9.88 Å². The number of aryl methyl sites for hydroxylation is 1. The highest BCUT2D eigenvalue weighted by molar-refractivity contribution is 5.89. The predicted octanol–water partition coefficient (Wildman–Crippen LogP) is 4.72. The van der Waals surface area contributed by atoms with E-state index in [0.29, 0.717) is 0 Å². The Morgan fingerprint density at radius 1 is 1.14 bits per heavy atom. The lowest BCUT2D eigenvalue weighted by atomic mass is 10.0. The fraction of sp³-hybridized carbons (Fsp3) is 0.158. The van der Waals surface area contributed by atoms with Crippen LogP contribution in [0.1, 0.15) is 23.6 Å². The number of rotatable bonds is 2. The second-order valence-corrected chi connectivity index (χ2v) is 5.63. The van der Waals surface area contributed by atoms with Crippen LogP contribution in [-0.2, 0) is 13.0 Å². The Morgan fingerprint density at radius 3 is 2.90 bits per heavy atom. The smallest absolute Gasteiger partial charge is 0.0488 e. The standard InChI is InChI=1S/C19H18N2/c1-3-14-4-5-16-12-21(13(2)18(16)10-14)17-7-6-15-8-9-20-19(15)11-17/h4-11,20H,2-3,12H2,1H3. The molecule has 21 heavy (non-hydrogen) atoms. The van der Waals surface area contributed by atoms with E-state index in [1.807, 2.05) is 6.20 Å². The third kappa shape index (κ3) is 1.87. The summed E-state index contributed by atoms with van der Waals surface area (Å²) in [6.07, 6.45) is 3.05. The summed E-state index contributed by atoms with van der Waals surface area (Å²) in [7, 11) is 0. The van der Waals surface area contributed by atoms with Crippen LogP contribution >= 0.6 is 0 Å². The quantitative estimate of drug-likeness (QED) is 0.716. The van der Waals surface area contributed by atoms with Gasteiger partial charge in [0.2, 0.25) is 0 Å². The largest absolute Gasteiger partial charge is 0.361 e. The number of nitrogens with zero attached hydrogens (tertiary/aromatic N) is 1. The van der Waals surface area contributed by atoms with Crippen LogP contribution in [-0.4, -0.2) is 4.98 Å². The zero-order valence-electron chi connectivity index (χ0n) is 12.2. The number of aromatic nitrogens is 1. The number of H-pyrrole nitrogens is 1. The second kappa shape index (κ2) is 4.52. The van der Waals surface area contributed by atoms with Crippen molar-refractivity contribution in [3.05, 3.63) is 71.9 Å². The molecule has 0 amide bonds. The Morgan fingerprint density at radius 2 is 2.05 bits per heavy atom. The van der Waals surface area contributed by atoms with Gasteiger partial charge >= 0.3 is 0 Å². The number of fused-ring (bicyclic) bond motifs is 2. The molecule has 4 rings (SSSR count). The summed E-state index contributed by atoms with van der Waals surface area (Å²) < 4.78 is 0. The topological polar surface area (TPSA) is 19.0 Å². The number of hydrogen-bond acceptors (Lipinski definition) is 1. The lowest BCUT2D eigenvalue weighted by molar-refractivity contribution is 1.04. The van der Waals surface area contributed by atoms with Gasteiger partial charge in [0, 0.05) is 35.2 Å². The van der Waals surface area contributed by atoms with Gasteiger partial charge in [-0.25, -0.2) is 0 Å². The van der Waals surface area contributed by atoms with Crippen molar-refractivity contribution in [2.45, 2.75) is 19.9 Å². The van der Waals surface area contributed by atoms with Crippen LogP contribution in [0, 0.1) is 0 Å². The summed E-state index contributed by atoms with van der Waals surface area (Å²) in [5, 5.41) is 1.24. The molecule has 0 atom stereocenters. The minimum absolute atomic E-state index is 0.907. The molecule has 1 aliphatic heterocycles. The van der Waals surface area contributed by atoms with Crippen LogP contribution in [0.3, 0.4) is 0 Å². The van der Waals surface area contributed by atoms with Crippen LogP contribution < -0.4 is 4.90 Å². The van der Waals surface area contributed by atoms with Crippen molar-refractivity contribution < 1.29 is 0 Å². The monoisotopic (exact) mass is 274 g/mol. The molecule has 2 aromatic carbocycles. The number of hydrogen-bond donors (Lipinski definition) is 1. The summed E-state index contributed by atoms with van der Waals surface area (Å²) >= 11 is 0. The maximum atomic E-state index is 4.31. The summed E-state index contributed by atoms with van der Waals surface area (Å²) in [6, 6.07) is 15.4. The van der Waals surface area contributed by atoms with E-state index in [0.717, 1.165) is 18.7 Å². The highest BCUT2D eigenvalue weighted by atomic mass is 15.2. The predicted molar refractivity (Wildman–Crippen MR) is 89.3 cm³/mol. The molecule has 1 aliphatic rings. The van der Waals surface area contributed by atoms with Gasteiger partial charge in [-0.05, 0) is 47.2 Å². The lowest BCUT2D eigenvalue weighted by Crippen LogP contribution is -2.12. The fourth-order valence-electron chi connectivity index (χ4n) is 3.11. The van der Waals surface area contributed by atoms with E-state index in [-0.39, 0.29) is 0 Å². The highest BCUT2D eigenvalue weighted by Gasteiger charge is 2.23. The maximum Gasteiger partial charge on any atom is 0.0488 e. The van der Waals surface area contributed by atoms with Crippen molar-refractivity contribution >= 4 is 22.3 Å². The third-order valence-electron chi connectivity index (χ3n) is 4.40. The van der Waals surface area contributed by atoms with Crippen LogP contribution in [0.4, 0.5) is 5.69 Å². The van der Waals surface area contributed by atoms with Gasteiger partial charge in [-0.1, -0.05) is 31.7 Å². The molecule has 0 aliphatic carbocycles. The first-order valence-corrected chi connectivity index (χ1v) is 7.42. The third-order valence-corrected chi connectivity index (χ3v) is 4.40. The van der Waals surface area contributed by atoms with Crippen molar-refractivity contribution in [3.8, 4) is 0 Å². The van der Waals surface area contributed by atoms with Crippen molar-refractivity contribution in [2.75, 3.05) is 4.90 Å². The average molecular weight is 274 g/mol. The van der Waals surface area contributed by atoms with Gasteiger partial charge in [0.25, 0.3) is 0 Å². The summed E-state index contributed by atoms with van der Waals surface area (Å²) in [5.74, 6) is 0. The molecule has 1 N–H and O–H groups in total. The number of anilines is 1. The molecule has 0 bridgehead atoms. The molecule has 0 radical (unpaired) electrons. The van der Waals surface area contributed by atoms with E-state index in [4.69, 9.17) is 0 Å². The average Bonchev–Trinajstić information content (AvgIpc) is 3.11. The summed E-state index contributed by atoms with van der Waals surface area (Å²) in [6.45, 7) is 7.41. The number of nitrogens with one attached hydrogen (secondary N) is 1. The lowest BCUT2D eigenvalue weighted by Gasteiger charge is -2.19. The van der Waals surface area contributed by atoms with E-state index < -0.39 is 0 Å². The molecule has 0 saturated heterocycles. The Balaban J connectivity index is 1.75. The van der Waals surface area contributed by atoms with Gasteiger partial charge in [-0.15, -0.1) is 0 Å². The van der Waals surface area contributed by atoms with E-state index >= 15 is 0 Å². The first-order valence-electron chi connectivity index (χ1n) is 7.42. The van der Waals surface area contributed by atoms with Crippen LogP contribution in [0.25, 0.3) is 16.6 Å². The molecule has 2 heterocycles. The van der Waals surface area contributed by atoms with E-state index in [2.05, 4.69) is 65.9 Å². The molecule has 104 valence electrons. The molecular weight excluding hydrogens is 256 g/mol. The van der Waals surface area contributed by atoms with Gasteiger partial charge in [-0.2, -0.15) is 0 Å². The minimum Gasteiger partial charge on any atom is -0.361 e. The first kappa shape index (κ1) is 12.3. The van der Waals surface area contributed by atoms with Crippen LogP contribution in [0.15, 0.2) is 55.2 Å². The Labute approximate surface area is 124 Å². The van der Waals surface area contributed by atoms with Crippen molar-refractivity contribution in [3.63, 3.8) is 0 Å². The van der Waals surface area contributed by atoms with Gasteiger partial charge in [0.1, 0.15) is 0 Å². The molecule has 0 saturated carbocycles. The molecule has 2 nitrogen and oxygen atoms in total. The van der Waals surface area contributed by atoms with Gasteiger partial charge in [0.05, 0.1) is 0 Å². The Kier molecular flexibility index (Phi) is 2.64. The number of aromatic amines is 1. The summed E-state index contributed by atoms with van der Waals surface area (Å²) in [4.78, 5) is 5.58. The first-order chi connectivity index (χ1) is 10.3. The van der Waals surface area contributed by atoms with Gasteiger partial charge in [0.15, 0.2) is 0 Å². The maximum absolute atomic E-state index is 4.31. The van der Waals surface area contributed by atoms with E-state index in [1.165, 1.54) is 33.3 Å². The van der Waals surface area contributed by atoms with Crippen molar-refractivity contribution in [1.29, 1.82) is 0 Å². The Hall–Kier alpha value is -2.48. The van der Waals surface area contributed by atoms with Crippen molar-refractivity contribution in [1.82, 2.24) is 4.98 Å². The normalized spacial score (nSPS) is 14.0. The second-order valence-electron chi connectivity index (χ2n) is 5.63. The van der Waals surface area contributed by atoms with Gasteiger partial charge in [-0.3, -0.25) is 0 Å². The Bertz CT molecular complexity index is 842. The van der Waals surface area contributed by atoms with Crippen LogP contribution in [0.2, 0.25) is 0 Å². The van der Waals surface area contributed by atoms with E-state index in [1.54, 1.807) is 0 Å². The van der Waals surface area contributed by atoms with E-state index in [9.17, 15) is 0 Å². The van der Waals surface area contributed by atoms with Crippen molar-refractivity contribution in [2.24, 2.45) is 0 Å².